The first-order valence-electron chi connectivity index (χ1n) is 7.32. The maximum Gasteiger partial charge on any atom is 0.00670 e. The first kappa shape index (κ1) is 13.8. The van der Waals surface area contributed by atoms with Crippen molar-refractivity contribution < 1.29 is 0 Å². The topological polar surface area (TPSA) is 12.0 Å². The number of nitrogens with one attached hydrogen (secondary N) is 1. The molecule has 0 atom stereocenters. The van der Waals surface area contributed by atoms with Gasteiger partial charge >= 0.3 is 0 Å². The average Bonchev–Trinajstić information content (AvgIpc) is 2.34. The van der Waals surface area contributed by atoms with Crippen molar-refractivity contribution in [3.8, 4) is 0 Å². The normalized spacial score (nSPS) is 18.3. The Bertz CT molecular complexity index is 168. The van der Waals surface area contributed by atoms with Gasteiger partial charge in [0.15, 0.2) is 0 Å². The molecular formula is C15H29N. The predicted octanol–water partition coefficient (Wildman–Crippen LogP) is 4.44. The fourth-order valence-corrected chi connectivity index (χ4v) is 2.40. The Kier molecular flexibility index (Phi) is 8.51. The third-order valence-corrected chi connectivity index (χ3v) is 3.46. The molecule has 1 heteroatoms. The fourth-order valence-electron chi connectivity index (χ4n) is 2.40. The van der Waals surface area contributed by atoms with Crippen molar-refractivity contribution in [3.05, 3.63) is 12.2 Å². The first-order valence-corrected chi connectivity index (χ1v) is 7.32. The van der Waals surface area contributed by atoms with Crippen LogP contribution in [0, 0.1) is 0 Å². The molecule has 0 aromatic rings. The lowest BCUT2D eigenvalue weighted by Gasteiger charge is -2.22. The van der Waals surface area contributed by atoms with Crippen molar-refractivity contribution in [2.45, 2.75) is 77.2 Å². The van der Waals surface area contributed by atoms with Gasteiger partial charge in [0.25, 0.3) is 0 Å². The van der Waals surface area contributed by atoms with Crippen molar-refractivity contribution in [2.75, 3.05) is 6.54 Å². The van der Waals surface area contributed by atoms with Crippen LogP contribution in [0.2, 0.25) is 0 Å². The van der Waals surface area contributed by atoms with Gasteiger partial charge < -0.3 is 5.32 Å². The summed E-state index contributed by atoms with van der Waals surface area (Å²) >= 11 is 0. The molecule has 0 saturated heterocycles. The van der Waals surface area contributed by atoms with E-state index < -0.39 is 0 Å². The molecule has 1 N–H and O–H groups in total. The van der Waals surface area contributed by atoms with Crippen LogP contribution in [0.1, 0.15) is 71.1 Å². The van der Waals surface area contributed by atoms with Gasteiger partial charge in [0.1, 0.15) is 0 Å². The molecule has 1 rings (SSSR count). The molecule has 0 unspecified atom stereocenters. The lowest BCUT2D eigenvalue weighted by atomic mass is 9.95. The van der Waals surface area contributed by atoms with Crippen molar-refractivity contribution in [1.82, 2.24) is 5.32 Å². The first-order chi connectivity index (χ1) is 7.93. The molecular weight excluding hydrogens is 194 g/mol. The molecule has 0 heterocycles. The van der Waals surface area contributed by atoms with Crippen LogP contribution < -0.4 is 5.32 Å². The molecule has 0 aromatic carbocycles. The fraction of sp³-hybridized carbons (Fsp3) is 0.867. The van der Waals surface area contributed by atoms with Gasteiger partial charge in [-0.2, -0.15) is 0 Å². The van der Waals surface area contributed by atoms with Crippen LogP contribution in [0.25, 0.3) is 0 Å². The molecule has 0 aliphatic heterocycles. The zero-order valence-electron chi connectivity index (χ0n) is 11.0. The summed E-state index contributed by atoms with van der Waals surface area (Å²) in [5.41, 5.74) is 0. The van der Waals surface area contributed by atoms with E-state index in [1.165, 1.54) is 70.8 Å². The number of allylic oxidation sites excluding steroid dienone is 2. The molecule has 94 valence electrons. The van der Waals surface area contributed by atoms with E-state index in [9.17, 15) is 0 Å². The summed E-state index contributed by atoms with van der Waals surface area (Å²) in [6, 6.07) is 0.837. The summed E-state index contributed by atoms with van der Waals surface area (Å²) in [7, 11) is 0. The molecule has 1 aliphatic carbocycles. The third-order valence-electron chi connectivity index (χ3n) is 3.46. The second kappa shape index (κ2) is 9.89. The van der Waals surface area contributed by atoms with Crippen molar-refractivity contribution in [2.24, 2.45) is 0 Å². The van der Waals surface area contributed by atoms with Gasteiger partial charge in [0.05, 0.1) is 0 Å². The summed E-state index contributed by atoms with van der Waals surface area (Å²) in [6.07, 6.45) is 18.3. The van der Waals surface area contributed by atoms with E-state index in [1.54, 1.807) is 0 Å². The highest BCUT2D eigenvalue weighted by molar-refractivity contribution is 4.81. The number of hydrogen-bond acceptors (Lipinski definition) is 1. The van der Waals surface area contributed by atoms with Crippen LogP contribution in [0.15, 0.2) is 12.2 Å². The van der Waals surface area contributed by atoms with Gasteiger partial charge in [-0.15, -0.1) is 0 Å². The lowest BCUT2D eigenvalue weighted by Crippen LogP contribution is -2.31. The number of rotatable bonds is 8. The van der Waals surface area contributed by atoms with E-state index in [2.05, 4.69) is 24.4 Å². The molecule has 1 nitrogen and oxygen atoms in total. The largest absolute Gasteiger partial charge is 0.314 e. The van der Waals surface area contributed by atoms with Crippen LogP contribution >= 0.6 is 0 Å². The SMILES string of the molecule is CCCC=CCCCCNC1CCCCC1. The Morgan fingerprint density at radius 2 is 1.75 bits per heavy atom. The Morgan fingerprint density at radius 3 is 2.50 bits per heavy atom. The van der Waals surface area contributed by atoms with E-state index in [-0.39, 0.29) is 0 Å². The minimum Gasteiger partial charge on any atom is -0.314 e. The van der Waals surface area contributed by atoms with E-state index in [1.807, 2.05) is 0 Å². The summed E-state index contributed by atoms with van der Waals surface area (Å²) in [5.74, 6) is 0. The van der Waals surface area contributed by atoms with Gasteiger partial charge in [-0.05, 0) is 45.1 Å². The van der Waals surface area contributed by atoms with E-state index in [0.717, 1.165) is 6.04 Å². The maximum absolute atomic E-state index is 3.70. The minimum atomic E-state index is 0.837. The molecule has 1 aliphatic rings. The Labute approximate surface area is 102 Å². The van der Waals surface area contributed by atoms with Crippen LogP contribution in [-0.2, 0) is 0 Å². The van der Waals surface area contributed by atoms with Crippen LogP contribution in [0.3, 0.4) is 0 Å². The summed E-state index contributed by atoms with van der Waals surface area (Å²) in [5, 5.41) is 3.70. The zero-order valence-corrected chi connectivity index (χ0v) is 11.0. The van der Waals surface area contributed by atoms with Gasteiger partial charge in [-0.1, -0.05) is 44.8 Å². The van der Waals surface area contributed by atoms with Crippen LogP contribution in [0.5, 0.6) is 0 Å². The molecule has 0 bridgehead atoms. The molecule has 16 heavy (non-hydrogen) atoms. The highest BCUT2D eigenvalue weighted by Gasteiger charge is 2.11. The molecule has 0 spiro atoms. The third kappa shape index (κ3) is 7.05. The summed E-state index contributed by atoms with van der Waals surface area (Å²) < 4.78 is 0. The second-order valence-corrected chi connectivity index (χ2v) is 5.04. The van der Waals surface area contributed by atoms with Gasteiger partial charge in [-0.25, -0.2) is 0 Å². The molecule has 0 aromatic heterocycles. The summed E-state index contributed by atoms with van der Waals surface area (Å²) in [6.45, 7) is 3.46. The van der Waals surface area contributed by atoms with E-state index >= 15 is 0 Å². The number of unbranched alkanes of at least 4 members (excludes halogenated alkanes) is 3. The van der Waals surface area contributed by atoms with Crippen LogP contribution in [0.4, 0.5) is 0 Å². The molecule has 0 radical (unpaired) electrons. The van der Waals surface area contributed by atoms with E-state index in [4.69, 9.17) is 0 Å². The van der Waals surface area contributed by atoms with Gasteiger partial charge in [0, 0.05) is 6.04 Å². The lowest BCUT2D eigenvalue weighted by molar-refractivity contribution is 0.371. The standard InChI is InChI=1S/C15H29N/c1-2-3-4-5-6-7-11-14-16-15-12-9-8-10-13-15/h4-5,15-16H,2-3,6-14H2,1H3. The monoisotopic (exact) mass is 223 g/mol. The van der Waals surface area contributed by atoms with Gasteiger partial charge in [-0.3, -0.25) is 0 Å². The quantitative estimate of drug-likeness (QED) is 0.474. The zero-order chi connectivity index (χ0) is 11.5. The predicted molar refractivity (Wildman–Crippen MR) is 72.8 cm³/mol. The Morgan fingerprint density at radius 1 is 1.00 bits per heavy atom. The molecule has 0 amide bonds. The van der Waals surface area contributed by atoms with E-state index in [0.29, 0.717) is 0 Å². The van der Waals surface area contributed by atoms with Crippen molar-refractivity contribution in [1.29, 1.82) is 0 Å². The summed E-state index contributed by atoms with van der Waals surface area (Å²) in [4.78, 5) is 0. The molecule has 1 fully saturated rings. The minimum absolute atomic E-state index is 0.837. The average molecular weight is 223 g/mol. The van der Waals surface area contributed by atoms with Crippen molar-refractivity contribution >= 4 is 0 Å². The number of hydrogen-bond donors (Lipinski definition) is 1. The molecule has 1 saturated carbocycles. The maximum atomic E-state index is 3.70. The van der Waals surface area contributed by atoms with Crippen molar-refractivity contribution in [3.63, 3.8) is 0 Å². The smallest absolute Gasteiger partial charge is 0.00670 e. The highest BCUT2D eigenvalue weighted by atomic mass is 14.9. The highest BCUT2D eigenvalue weighted by Crippen LogP contribution is 2.17. The Hall–Kier alpha value is -0.300. The van der Waals surface area contributed by atoms with Crippen LogP contribution in [-0.4, -0.2) is 12.6 Å². The second-order valence-electron chi connectivity index (χ2n) is 5.04. The Balaban J connectivity index is 1.83. The van der Waals surface area contributed by atoms with Gasteiger partial charge in [0.2, 0.25) is 0 Å².